The molecular weight excluding hydrogens is 226 g/mol. The highest BCUT2D eigenvalue weighted by molar-refractivity contribution is 5.20. The number of nitrogens with one attached hydrogen (secondary N) is 1. The number of aromatic nitrogens is 1. The van der Waals surface area contributed by atoms with Crippen molar-refractivity contribution >= 4 is 0 Å². The molecule has 1 atom stereocenters. The molecule has 0 bridgehead atoms. The van der Waals surface area contributed by atoms with Crippen molar-refractivity contribution in [3.05, 3.63) is 53.7 Å². The van der Waals surface area contributed by atoms with Gasteiger partial charge in [0.2, 0.25) is 0 Å². The molecule has 0 spiro atoms. The van der Waals surface area contributed by atoms with Gasteiger partial charge >= 0.3 is 0 Å². The number of rotatable bonds is 4. The lowest BCUT2D eigenvalue weighted by Crippen LogP contribution is -2.18. The van der Waals surface area contributed by atoms with Gasteiger partial charge in [-0.3, -0.25) is 0 Å². The smallest absolute Gasteiger partial charge is 0.180 e. The minimum atomic E-state index is -0.837. The molecule has 0 amide bonds. The fourth-order valence-electron chi connectivity index (χ4n) is 1.48. The van der Waals surface area contributed by atoms with Crippen molar-refractivity contribution in [1.82, 2.24) is 10.3 Å². The maximum absolute atomic E-state index is 13.0. The minimum Gasteiger partial charge on any atom is -0.447 e. The Hall–Kier alpha value is -1.75. The van der Waals surface area contributed by atoms with Gasteiger partial charge in [0, 0.05) is 6.04 Å². The Morgan fingerprint density at radius 2 is 2.18 bits per heavy atom. The van der Waals surface area contributed by atoms with E-state index in [2.05, 4.69) is 10.3 Å². The molecular formula is C12H12F2N2O. The molecule has 0 radical (unpaired) electrons. The molecule has 0 fully saturated rings. The van der Waals surface area contributed by atoms with E-state index in [-0.39, 0.29) is 6.04 Å². The number of oxazole rings is 1. The number of hydrogen-bond acceptors (Lipinski definition) is 3. The zero-order valence-corrected chi connectivity index (χ0v) is 9.28. The molecule has 3 nitrogen and oxygen atoms in total. The highest BCUT2D eigenvalue weighted by Crippen LogP contribution is 2.16. The van der Waals surface area contributed by atoms with Crippen LogP contribution in [0.15, 0.2) is 35.2 Å². The van der Waals surface area contributed by atoms with Crippen LogP contribution >= 0.6 is 0 Å². The molecule has 5 heteroatoms. The van der Waals surface area contributed by atoms with Crippen molar-refractivity contribution in [2.24, 2.45) is 0 Å². The summed E-state index contributed by atoms with van der Waals surface area (Å²) in [6.07, 6.45) is 2.95. The van der Waals surface area contributed by atoms with Gasteiger partial charge in [-0.05, 0) is 24.6 Å². The minimum absolute atomic E-state index is 0.102. The Kier molecular flexibility index (Phi) is 3.49. The van der Waals surface area contributed by atoms with Crippen LogP contribution < -0.4 is 5.32 Å². The van der Waals surface area contributed by atoms with Crippen molar-refractivity contribution in [3.8, 4) is 0 Å². The molecule has 17 heavy (non-hydrogen) atoms. The van der Waals surface area contributed by atoms with Crippen LogP contribution in [0.1, 0.15) is 24.3 Å². The van der Waals surface area contributed by atoms with E-state index in [1.807, 2.05) is 6.92 Å². The number of hydrogen-bond donors (Lipinski definition) is 1. The largest absolute Gasteiger partial charge is 0.447 e. The van der Waals surface area contributed by atoms with E-state index in [1.54, 1.807) is 12.3 Å². The fourth-order valence-corrected chi connectivity index (χ4v) is 1.48. The van der Waals surface area contributed by atoms with Gasteiger partial charge in [0.05, 0.1) is 12.7 Å². The summed E-state index contributed by atoms with van der Waals surface area (Å²) in [5, 5.41) is 3.13. The molecule has 1 heterocycles. The number of nitrogens with zero attached hydrogens (tertiary/aromatic N) is 1. The van der Waals surface area contributed by atoms with E-state index in [4.69, 9.17) is 4.42 Å². The predicted molar refractivity (Wildman–Crippen MR) is 58.1 cm³/mol. The predicted octanol–water partition coefficient (Wildman–Crippen LogP) is 2.80. The van der Waals surface area contributed by atoms with Gasteiger partial charge in [0.1, 0.15) is 5.76 Å². The van der Waals surface area contributed by atoms with E-state index < -0.39 is 11.6 Å². The Balaban J connectivity index is 1.99. The van der Waals surface area contributed by atoms with Gasteiger partial charge in [-0.2, -0.15) is 0 Å². The summed E-state index contributed by atoms with van der Waals surface area (Å²) >= 11 is 0. The first kappa shape index (κ1) is 11.7. The van der Waals surface area contributed by atoms with Crippen molar-refractivity contribution in [2.75, 3.05) is 0 Å². The topological polar surface area (TPSA) is 38.1 Å². The third kappa shape index (κ3) is 2.88. The van der Waals surface area contributed by atoms with Gasteiger partial charge in [-0.25, -0.2) is 13.8 Å². The average Bonchev–Trinajstić information content (AvgIpc) is 2.82. The van der Waals surface area contributed by atoms with Crippen LogP contribution in [0.4, 0.5) is 8.78 Å². The van der Waals surface area contributed by atoms with Crippen LogP contribution in [0.2, 0.25) is 0 Å². The highest BCUT2D eigenvalue weighted by atomic mass is 19.2. The van der Waals surface area contributed by atoms with Crippen molar-refractivity contribution in [1.29, 1.82) is 0 Å². The van der Waals surface area contributed by atoms with Crippen LogP contribution in [0.5, 0.6) is 0 Å². The molecule has 1 unspecified atom stereocenters. The van der Waals surface area contributed by atoms with E-state index in [9.17, 15) is 8.78 Å². The lowest BCUT2D eigenvalue weighted by molar-refractivity contribution is 0.455. The van der Waals surface area contributed by atoms with Gasteiger partial charge in [0.15, 0.2) is 18.0 Å². The van der Waals surface area contributed by atoms with Gasteiger partial charge in [-0.15, -0.1) is 0 Å². The second-order valence-electron chi connectivity index (χ2n) is 3.74. The Morgan fingerprint density at radius 3 is 2.82 bits per heavy atom. The first-order valence-corrected chi connectivity index (χ1v) is 5.22. The zero-order chi connectivity index (χ0) is 12.3. The number of benzene rings is 1. The van der Waals surface area contributed by atoms with E-state index in [0.29, 0.717) is 17.9 Å². The zero-order valence-electron chi connectivity index (χ0n) is 9.28. The lowest BCUT2D eigenvalue weighted by Gasteiger charge is -2.13. The van der Waals surface area contributed by atoms with E-state index >= 15 is 0 Å². The lowest BCUT2D eigenvalue weighted by atomic mass is 10.1. The van der Waals surface area contributed by atoms with Crippen LogP contribution in [0.3, 0.4) is 0 Å². The van der Waals surface area contributed by atoms with Crippen LogP contribution in [-0.4, -0.2) is 4.98 Å². The van der Waals surface area contributed by atoms with Gasteiger partial charge in [-0.1, -0.05) is 6.07 Å². The molecule has 0 saturated carbocycles. The quantitative estimate of drug-likeness (QED) is 0.890. The normalized spacial score (nSPS) is 12.6. The highest BCUT2D eigenvalue weighted by Gasteiger charge is 2.09. The summed E-state index contributed by atoms with van der Waals surface area (Å²) in [5.74, 6) is -0.980. The summed E-state index contributed by atoms with van der Waals surface area (Å²) in [7, 11) is 0. The molecule has 0 saturated heterocycles. The molecule has 1 aromatic heterocycles. The van der Waals surface area contributed by atoms with Crippen molar-refractivity contribution in [3.63, 3.8) is 0 Å². The van der Waals surface area contributed by atoms with Gasteiger partial charge in [0.25, 0.3) is 0 Å². The monoisotopic (exact) mass is 238 g/mol. The molecule has 2 aromatic rings. The summed E-state index contributed by atoms with van der Waals surface area (Å²) < 4.78 is 30.8. The summed E-state index contributed by atoms with van der Waals surface area (Å²) in [6, 6.07) is 3.76. The summed E-state index contributed by atoms with van der Waals surface area (Å²) in [4.78, 5) is 3.78. The van der Waals surface area contributed by atoms with E-state index in [1.165, 1.54) is 12.5 Å². The fraction of sp³-hybridized carbons (Fsp3) is 0.250. The maximum Gasteiger partial charge on any atom is 0.180 e. The van der Waals surface area contributed by atoms with Crippen LogP contribution in [0, 0.1) is 11.6 Å². The van der Waals surface area contributed by atoms with Crippen LogP contribution in [0.25, 0.3) is 0 Å². The molecule has 90 valence electrons. The molecule has 1 N–H and O–H groups in total. The Labute approximate surface area is 97.5 Å². The standard InChI is InChI=1S/C12H12F2N2O/c1-8(16-6-10-5-15-7-17-10)9-2-3-11(13)12(14)4-9/h2-5,7-8,16H,6H2,1H3. The SMILES string of the molecule is CC(NCc1cnco1)c1ccc(F)c(F)c1. The second-order valence-corrected chi connectivity index (χ2v) is 3.74. The van der Waals surface area contributed by atoms with Crippen molar-refractivity contribution in [2.45, 2.75) is 19.5 Å². The summed E-state index contributed by atoms with van der Waals surface area (Å²) in [6.45, 7) is 2.35. The first-order valence-electron chi connectivity index (χ1n) is 5.22. The molecule has 2 rings (SSSR count). The third-order valence-electron chi connectivity index (χ3n) is 2.51. The average molecular weight is 238 g/mol. The van der Waals surface area contributed by atoms with E-state index in [0.717, 1.165) is 6.07 Å². The molecule has 0 aliphatic rings. The first-order chi connectivity index (χ1) is 8.16. The maximum atomic E-state index is 13.0. The third-order valence-corrected chi connectivity index (χ3v) is 2.51. The molecule has 0 aliphatic heterocycles. The molecule has 1 aromatic carbocycles. The summed E-state index contributed by atoms with van der Waals surface area (Å²) in [5.41, 5.74) is 0.684. The number of halogens is 2. The van der Waals surface area contributed by atoms with Gasteiger partial charge < -0.3 is 9.73 Å². The van der Waals surface area contributed by atoms with Crippen LogP contribution in [-0.2, 0) is 6.54 Å². The second kappa shape index (κ2) is 5.05. The molecule has 0 aliphatic carbocycles. The Bertz CT molecular complexity index is 485. The Morgan fingerprint density at radius 1 is 1.35 bits per heavy atom. The van der Waals surface area contributed by atoms with Crippen molar-refractivity contribution < 1.29 is 13.2 Å².